The number of unbranched alkanes of at least 4 members (excludes halogenated alkanes) is 3. The van der Waals surface area contributed by atoms with E-state index < -0.39 is 0 Å². The van der Waals surface area contributed by atoms with Crippen LogP contribution in [-0.2, 0) is 0 Å². The van der Waals surface area contributed by atoms with Crippen LogP contribution in [0.25, 0.3) is 0 Å². The lowest BCUT2D eigenvalue weighted by Crippen LogP contribution is -2.04. The van der Waals surface area contributed by atoms with Crippen LogP contribution in [0, 0.1) is 5.41 Å². The predicted molar refractivity (Wildman–Crippen MR) is 76.5 cm³/mol. The Morgan fingerprint density at radius 1 is 1.00 bits per heavy atom. The minimum absolute atomic E-state index is 0.147. The Hall–Kier alpha value is -1.44. The van der Waals surface area contributed by atoms with Gasteiger partial charge in [0.15, 0.2) is 5.78 Å². The van der Waals surface area contributed by atoms with Crippen molar-refractivity contribution in [2.75, 3.05) is 0 Å². The second-order valence-electron chi connectivity index (χ2n) is 4.70. The van der Waals surface area contributed by atoms with Crippen molar-refractivity contribution in [1.29, 1.82) is 5.41 Å². The molecule has 1 rings (SSSR count). The molecule has 0 fully saturated rings. The summed E-state index contributed by atoms with van der Waals surface area (Å²) >= 11 is 0. The van der Waals surface area contributed by atoms with Crippen molar-refractivity contribution in [3.05, 3.63) is 35.9 Å². The fourth-order valence-electron chi connectivity index (χ4n) is 1.92. The SMILES string of the molecule is CCCCCCC(=N)CCC(=O)c1ccccc1. The van der Waals surface area contributed by atoms with Gasteiger partial charge in [-0.1, -0.05) is 56.5 Å². The first-order chi connectivity index (χ1) is 8.74. The zero-order chi connectivity index (χ0) is 13.2. The van der Waals surface area contributed by atoms with E-state index in [1.807, 2.05) is 30.3 Å². The van der Waals surface area contributed by atoms with Crippen molar-refractivity contribution in [2.24, 2.45) is 0 Å². The van der Waals surface area contributed by atoms with Crippen LogP contribution in [0.15, 0.2) is 30.3 Å². The van der Waals surface area contributed by atoms with Crippen molar-refractivity contribution in [3.63, 3.8) is 0 Å². The van der Waals surface area contributed by atoms with E-state index in [9.17, 15) is 4.79 Å². The summed E-state index contributed by atoms with van der Waals surface area (Å²) in [7, 11) is 0. The predicted octanol–water partition coefficient (Wildman–Crippen LogP) is 4.64. The number of benzene rings is 1. The van der Waals surface area contributed by atoms with Gasteiger partial charge in [0.2, 0.25) is 0 Å². The summed E-state index contributed by atoms with van der Waals surface area (Å²) < 4.78 is 0. The molecule has 1 aromatic rings. The minimum Gasteiger partial charge on any atom is -0.310 e. The fourth-order valence-corrected chi connectivity index (χ4v) is 1.92. The first-order valence-corrected chi connectivity index (χ1v) is 6.88. The number of carbonyl (C=O) groups is 1. The van der Waals surface area contributed by atoms with Crippen LogP contribution in [0.3, 0.4) is 0 Å². The fraction of sp³-hybridized carbons (Fsp3) is 0.500. The number of rotatable bonds is 9. The zero-order valence-corrected chi connectivity index (χ0v) is 11.2. The van der Waals surface area contributed by atoms with Gasteiger partial charge in [0.1, 0.15) is 0 Å². The molecule has 2 heteroatoms. The van der Waals surface area contributed by atoms with E-state index in [1.165, 1.54) is 19.3 Å². The van der Waals surface area contributed by atoms with Gasteiger partial charge in [-0.3, -0.25) is 4.79 Å². The van der Waals surface area contributed by atoms with Crippen LogP contribution in [0.4, 0.5) is 0 Å². The molecule has 0 aliphatic heterocycles. The van der Waals surface area contributed by atoms with Gasteiger partial charge < -0.3 is 5.41 Å². The Kier molecular flexibility index (Phi) is 7.00. The summed E-state index contributed by atoms with van der Waals surface area (Å²) in [4.78, 5) is 11.8. The average Bonchev–Trinajstić information content (AvgIpc) is 2.42. The molecule has 18 heavy (non-hydrogen) atoms. The van der Waals surface area contributed by atoms with E-state index >= 15 is 0 Å². The summed E-state index contributed by atoms with van der Waals surface area (Å²) in [6.45, 7) is 2.18. The molecule has 0 amide bonds. The highest BCUT2D eigenvalue weighted by Gasteiger charge is 2.06. The molecule has 0 bridgehead atoms. The number of hydrogen-bond donors (Lipinski definition) is 1. The summed E-state index contributed by atoms with van der Waals surface area (Å²) in [5, 5.41) is 7.83. The first-order valence-electron chi connectivity index (χ1n) is 6.88. The standard InChI is InChI=1S/C16H23NO/c1-2-3-4-8-11-15(17)12-13-16(18)14-9-6-5-7-10-14/h5-7,9-10,17H,2-4,8,11-13H2,1H3. The van der Waals surface area contributed by atoms with Gasteiger partial charge in [0.05, 0.1) is 0 Å². The Morgan fingerprint density at radius 3 is 2.39 bits per heavy atom. The topological polar surface area (TPSA) is 40.9 Å². The Balaban J connectivity index is 2.20. The zero-order valence-electron chi connectivity index (χ0n) is 11.2. The molecule has 0 aromatic heterocycles. The van der Waals surface area contributed by atoms with Crippen molar-refractivity contribution >= 4 is 11.5 Å². The van der Waals surface area contributed by atoms with E-state index in [2.05, 4.69) is 6.92 Å². The van der Waals surface area contributed by atoms with Crippen LogP contribution < -0.4 is 0 Å². The highest BCUT2D eigenvalue weighted by atomic mass is 16.1. The second-order valence-corrected chi connectivity index (χ2v) is 4.70. The molecule has 0 saturated carbocycles. The first kappa shape index (κ1) is 14.6. The van der Waals surface area contributed by atoms with Crippen LogP contribution in [0.1, 0.15) is 62.2 Å². The molecule has 0 aliphatic carbocycles. The quantitative estimate of drug-likeness (QED) is 0.384. The number of carbonyl (C=O) groups excluding carboxylic acids is 1. The molecule has 1 aromatic carbocycles. The van der Waals surface area contributed by atoms with Crippen LogP contribution in [0.5, 0.6) is 0 Å². The monoisotopic (exact) mass is 245 g/mol. The van der Waals surface area contributed by atoms with Crippen molar-refractivity contribution in [3.8, 4) is 0 Å². The molecule has 0 atom stereocenters. The van der Waals surface area contributed by atoms with Gasteiger partial charge in [0, 0.05) is 17.7 Å². The Labute approximate surface area is 110 Å². The van der Waals surface area contributed by atoms with Gasteiger partial charge >= 0.3 is 0 Å². The maximum absolute atomic E-state index is 11.8. The number of nitrogens with one attached hydrogen (secondary N) is 1. The number of Topliss-reactive ketones (excluding diaryl/α,β-unsaturated/α-hetero) is 1. The molecule has 0 spiro atoms. The van der Waals surface area contributed by atoms with E-state index in [0.717, 1.165) is 24.1 Å². The molecule has 0 heterocycles. The summed E-state index contributed by atoms with van der Waals surface area (Å²) in [5.41, 5.74) is 1.48. The molecular formula is C16H23NO. The Bertz CT molecular complexity index is 370. The lowest BCUT2D eigenvalue weighted by atomic mass is 10.0. The van der Waals surface area contributed by atoms with E-state index in [1.54, 1.807) is 0 Å². The molecule has 98 valence electrons. The molecule has 0 unspecified atom stereocenters. The Morgan fingerprint density at radius 2 is 1.72 bits per heavy atom. The van der Waals surface area contributed by atoms with Gasteiger partial charge in [-0.15, -0.1) is 0 Å². The molecule has 0 radical (unpaired) electrons. The van der Waals surface area contributed by atoms with Crippen molar-refractivity contribution < 1.29 is 4.79 Å². The molecule has 1 N–H and O–H groups in total. The summed E-state index contributed by atoms with van der Waals surface area (Å²) in [6.07, 6.45) is 6.69. The highest BCUT2D eigenvalue weighted by molar-refractivity contribution is 5.98. The van der Waals surface area contributed by atoms with E-state index in [4.69, 9.17) is 5.41 Å². The summed E-state index contributed by atoms with van der Waals surface area (Å²) in [6, 6.07) is 9.35. The maximum atomic E-state index is 11.8. The van der Waals surface area contributed by atoms with Gasteiger partial charge in [0.25, 0.3) is 0 Å². The highest BCUT2D eigenvalue weighted by Crippen LogP contribution is 2.09. The van der Waals surface area contributed by atoms with Crippen LogP contribution in [-0.4, -0.2) is 11.5 Å². The second kappa shape index (κ2) is 8.62. The minimum atomic E-state index is 0.147. The van der Waals surface area contributed by atoms with Gasteiger partial charge in [-0.25, -0.2) is 0 Å². The lowest BCUT2D eigenvalue weighted by molar-refractivity contribution is 0.0984. The third-order valence-electron chi connectivity index (χ3n) is 3.08. The molecule has 0 saturated heterocycles. The summed E-state index contributed by atoms with van der Waals surface area (Å²) in [5.74, 6) is 0.147. The number of ketones is 1. The van der Waals surface area contributed by atoms with Gasteiger partial charge in [-0.05, 0) is 19.3 Å². The molecular weight excluding hydrogens is 222 g/mol. The van der Waals surface area contributed by atoms with Crippen molar-refractivity contribution in [2.45, 2.75) is 51.9 Å². The average molecular weight is 245 g/mol. The smallest absolute Gasteiger partial charge is 0.163 e. The maximum Gasteiger partial charge on any atom is 0.163 e. The van der Waals surface area contributed by atoms with Crippen LogP contribution >= 0.6 is 0 Å². The number of hydrogen-bond acceptors (Lipinski definition) is 2. The molecule has 0 aliphatic rings. The normalized spacial score (nSPS) is 10.3. The van der Waals surface area contributed by atoms with E-state index in [0.29, 0.717) is 12.8 Å². The largest absolute Gasteiger partial charge is 0.310 e. The van der Waals surface area contributed by atoms with Crippen LogP contribution in [0.2, 0.25) is 0 Å². The lowest BCUT2D eigenvalue weighted by Gasteiger charge is -2.04. The third kappa shape index (κ3) is 5.76. The van der Waals surface area contributed by atoms with Gasteiger partial charge in [-0.2, -0.15) is 0 Å². The molecule has 2 nitrogen and oxygen atoms in total. The van der Waals surface area contributed by atoms with E-state index in [-0.39, 0.29) is 5.78 Å². The third-order valence-corrected chi connectivity index (χ3v) is 3.08. The van der Waals surface area contributed by atoms with Crippen molar-refractivity contribution in [1.82, 2.24) is 0 Å².